The first kappa shape index (κ1) is 35.9. The van der Waals surface area contributed by atoms with Gasteiger partial charge in [0.15, 0.2) is 0 Å². The van der Waals surface area contributed by atoms with Crippen molar-refractivity contribution in [2.24, 2.45) is 0 Å². The summed E-state index contributed by atoms with van der Waals surface area (Å²) in [6.45, 7) is 0.327. The Bertz CT molecular complexity index is 2190. The molecule has 15 heteroatoms. The number of piperidine rings is 1. The summed E-state index contributed by atoms with van der Waals surface area (Å²) in [5.41, 5.74) is 2.49. The Morgan fingerprint density at radius 3 is 2.70 bits per heavy atom. The lowest BCUT2D eigenvalue weighted by atomic mass is 10.0. The lowest BCUT2D eigenvalue weighted by Gasteiger charge is -2.39. The molecule has 3 N–H and O–H groups in total. The summed E-state index contributed by atoms with van der Waals surface area (Å²) in [7, 11) is 3.04. The van der Waals surface area contributed by atoms with Crippen molar-refractivity contribution in [1.29, 1.82) is 0 Å². The standard InChI is InChI=1S/C39H38FN7O7/c1-45-22-36(48)44-32-21-46(39(51)31-6-5-10-41-31)11-9-34(32)53-23-24-12-28(40)17-29(13-24)54-30-15-26(14-27(16-30)38(45)50)37(49)42-18-25-19-43-47(20-25)33-7-3-4-8-35(33)52-2/h3-8,10,12-17,19-20,32,34,41H,9,11,18,21-23H2,1-2H3,(H,42,49)(H,44,48)/t32-,34+/m1/s1. The summed E-state index contributed by atoms with van der Waals surface area (Å²) in [5, 5.41) is 10.2. The number of likely N-dealkylation sites (N-methyl/N-ethyl adjacent to an activating group) is 1. The molecule has 1 saturated heterocycles. The first-order valence-corrected chi connectivity index (χ1v) is 17.3. The quantitative estimate of drug-likeness (QED) is 0.235. The van der Waals surface area contributed by atoms with E-state index in [1.54, 1.807) is 53.5 Å². The predicted octanol–water partition coefficient (Wildman–Crippen LogP) is 4.07. The molecule has 4 heterocycles. The van der Waals surface area contributed by atoms with E-state index in [1.807, 2.05) is 24.3 Å². The number of aromatic nitrogens is 3. The molecule has 0 radical (unpaired) electrons. The van der Waals surface area contributed by atoms with Gasteiger partial charge in [0.1, 0.15) is 34.4 Å². The lowest BCUT2D eigenvalue weighted by Crippen LogP contribution is -2.58. The maximum absolute atomic E-state index is 14.9. The monoisotopic (exact) mass is 735 g/mol. The zero-order chi connectivity index (χ0) is 37.8. The molecule has 0 saturated carbocycles. The van der Waals surface area contributed by atoms with Gasteiger partial charge < -0.3 is 39.6 Å². The number of likely N-dealkylation sites (tertiary alicyclic amines) is 1. The van der Waals surface area contributed by atoms with E-state index >= 15 is 0 Å². The van der Waals surface area contributed by atoms with Gasteiger partial charge in [0.05, 0.1) is 38.6 Å². The third-order valence-electron chi connectivity index (χ3n) is 9.21. The smallest absolute Gasteiger partial charge is 0.270 e. The number of carbonyl (C=O) groups is 4. The molecule has 0 aliphatic carbocycles. The van der Waals surface area contributed by atoms with E-state index in [9.17, 15) is 23.6 Å². The van der Waals surface area contributed by atoms with Crippen molar-refractivity contribution in [3.8, 4) is 22.9 Å². The number of nitrogens with zero attached hydrogens (tertiary/aromatic N) is 4. The second-order valence-electron chi connectivity index (χ2n) is 13.1. The molecule has 2 aliphatic heterocycles. The van der Waals surface area contributed by atoms with Crippen LogP contribution in [0.15, 0.2) is 91.4 Å². The number of H-pyrrole nitrogens is 1. The van der Waals surface area contributed by atoms with E-state index in [2.05, 4.69) is 20.7 Å². The number of ether oxygens (including phenoxy) is 3. The van der Waals surface area contributed by atoms with Gasteiger partial charge in [0.25, 0.3) is 17.7 Å². The highest BCUT2D eigenvalue weighted by Gasteiger charge is 2.34. The van der Waals surface area contributed by atoms with Crippen molar-refractivity contribution in [3.05, 3.63) is 125 Å². The van der Waals surface area contributed by atoms with Gasteiger partial charge in [0, 0.05) is 61.8 Å². The van der Waals surface area contributed by atoms with E-state index in [1.165, 1.54) is 42.3 Å². The minimum absolute atomic E-state index is 0.00451. The molecule has 0 unspecified atom stereocenters. The summed E-state index contributed by atoms with van der Waals surface area (Å²) < 4.78 is 34.3. The van der Waals surface area contributed by atoms with Crippen LogP contribution in [0.3, 0.4) is 0 Å². The number of methoxy groups -OCH3 is 1. The Kier molecular flexibility index (Phi) is 10.4. The SMILES string of the molecule is COc1ccccc1-n1cc(CNC(=O)c2cc3cc(c2)C(=O)N(C)CC(=O)N[C@@H]2CN(C(=O)c4ccc[nH]4)CC[C@@H]2OCc2cc(F)cc(c2)O3)cn1. The van der Waals surface area contributed by atoms with E-state index in [-0.39, 0.29) is 54.8 Å². The highest BCUT2D eigenvalue weighted by atomic mass is 19.1. The number of carbonyl (C=O) groups excluding carboxylic acids is 4. The summed E-state index contributed by atoms with van der Waals surface area (Å²) in [5.74, 6) is -1.48. The van der Waals surface area contributed by atoms with Gasteiger partial charge in [-0.1, -0.05) is 12.1 Å². The molecule has 1 fully saturated rings. The van der Waals surface area contributed by atoms with Crippen LogP contribution in [0.2, 0.25) is 0 Å². The van der Waals surface area contributed by atoms with E-state index < -0.39 is 35.7 Å². The highest BCUT2D eigenvalue weighted by Crippen LogP contribution is 2.28. The van der Waals surface area contributed by atoms with E-state index in [0.717, 1.165) is 5.69 Å². The topological polar surface area (TPSA) is 160 Å². The van der Waals surface area contributed by atoms with Gasteiger partial charge in [-0.2, -0.15) is 5.10 Å². The van der Waals surface area contributed by atoms with Crippen LogP contribution in [0.1, 0.15) is 48.8 Å². The molecule has 5 aromatic rings. The average Bonchev–Trinajstić information content (AvgIpc) is 3.88. The second-order valence-corrected chi connectivity index (χ2v) is 13.1. The zero-order valence-corrected chi connectivity index (χ0v) is 29.6. The van der Waals surface area contributed by atoms with Crippen molar-refractivity contribution in [2.45, 2.75) is 31.7 Å². The first-order valence-electron chi connectivity index (χ1n) is 17.3. The molecule has 3 aromatic carbocycles. The first-order chi connectivity index (χ1) is 26.1. The van der Waals surface area contributed by atoms with Crippen molar-refractivity contribution in [1.82, 2.24) is 35.2 Å². The average molecular weight is 736 g/mol. The van der Waals surface area contributed by atoms with Crippen molar-refractivity contribution in [2.75, 3.05) is 33.8 Å². The third kappa shape index (κ3) is 8.10. The van der Waals surface area contributed by atoms with Gasteiger partial charge >= 0.3 is 0 Å². The maximum Gasteiger partial charge on any atom is 0.270 e. The summed E-state index contributed by atoms with van der Waals surface area (Å²) >= 11 is 0. The van der Waals surface area contributed by atoms with Crippen molar-refractivity contribution >= 4 is 23.6 Å². The fraction of sp³-hybridized carbons (Fsp3) is 0.256. The fourth-order valence-corrected chi connectivity index (χ4v) is 6.55. The number of benzene rings is 3. The lowest BCUT2D eigenvalue weighted by molar-refractivity contribution is -0.124. The Hall–Kier alpha value is -6.48. The molecule has 2 aromatic heterocycles. The van der Waals surface area contributed by atoms with Crippen LogP contribution in [0.5, 0.6) is 17.2 Å². The number of nitrogens with one attached hydrogen (secondary N) is 3. The molecule has 2 aliphatic rings. The molecule has 7 rings (SSSR count). The van der Waals surface area contributed by atoms with Gasteiger partial charge in [-0.25, -0.2) is 9.07 Å². The largest absolute Gasteiger partial charge is 0.494 e. The van der Waals surface area contributed by atoms with E-state index in [4.69, 9.17) is 14.2 Å². The Balaban J connectivity index is 1.13. The molecular formula is C39H38FN7O7. The van der Waals surface area contributed by atoms with Crippen molar-refractivity contribution in [3.63, 3.8) is 0 Å². The van der Waals surface area contributed by atoms with Crippen LogP contribution >= 0.6 is 0 Å². The molecule has 14 nitrogen and oxygen atoms in total. The normalized spacial score (nSPS) is 17.6. The molecular weight excluding hydrogens is 697 g/mol. The number of amides is 4. The summed E-state index contributed by atoms with van der Waals surface area (Å²) in [6, 6.07) is 18.6. The third-order valence-corrected chi connectivity index (χ3v) is 9.21. The number of rotatable bonds is 6. The number of para-hydroxylation sites is 2. The molecule has 4 bridgehead atoms. The maximum atomic E-state index is 14.9. The van der Waals surface area contributed by atoms with Gasteiger partial charge in [0.2, 0.25) is 5.91 Å². The molecule has 278 valence electrons. The molecule has 4 amide bonds. The van der Waals surface area contributed by atoms with Gasteiger partial charge in [-0.3, -0.25) is 19.2 Å². The van der Waals surface area contributed by atoms with Crippen LogP contribution in [0, 0.1) is 5.82 Å². The Morgan fingerprint density at radius 1 is 1.06 bits per heavy atom. The fourth-order valence-electron chi connectivity index (χ4n) is 6.55. The molecule has 0 spiro atoms. The molecule has 2 atom stereocenters. The summed E-state index contributed by atoms with van der Waals surface area (Å²) in [4.78, 5) is 59.6. The number of aromatic amines is 1. The van der Waals surface area contributed by atoms with E-state index in [0.29, 0.717) is 35.5 Å². The number of hydrogen-bond donors (Lipinski definition) is 3. The second kappa shape index (κ2) is 15.6. The Morgan fingerprint density at radius 2 is 1.89 bits per heavy atom. The van der Waals surface area contributed by atoms with Crippen LogP contribution in [-0.4, -0.2) is 94.1 Å². The van der Waals surface area contributed by atoms with Gasteiger partial charge in [-0.05, 0) is 66.6 Å². The zero-order valence-electron chi connectivity index (χ0n) is 29.6. The summed E-state index contributed by atoms with van der Waals surface area (Å²) in [6.07, 6.45) is 4.94. The predicted molar refractivity (Wildman–Crippen MR) is 193 cm³/mol. The minimum atomic E-state index is -0.619. The van der Waals surface area contributed by atoms with Crippen LogP contribution in [0.25, 0.3) is 5.69 Å². The van der Waals surface area contributed by atoms with Gasteiger partial charge in [-0.15, -0.1) is 0 Å². The Labute approximate surface area is 309 Å². The number of hydrogen-bond acceptors (Lipinski definition) is 8. The molecule has 54 heavy (non-hydrogen) atoms. The minimum Gasteiger partial charge on any atom is -0.494 e. The number of halogens is 1. The van der Waals surface area contributed by atoms with Crippen LogP contribution < -0.4 is 20.1 Å². The number of fused-ring (bicyclic) bond motifs is 5. The van der Waals surface area contributed by atoms with Crippen molar-refractivity contribution < 1.29 is 37.8 Å². The highest BCUT2D eigenvalue weighted by molar-refractivity contribution is 6.01. The van der Waals surface area contributed by atoms with Crippen LogP contribution in [0.4, 0.5) is 4.39 Å². The van der Waals surface area contributed by atoms with Crippen LogP contribution in [-0.2, 0) is 22.7 Å².